The predicted molar refractivity (Wildman–Crippen MR) is 62.3 cm³/mol. The zero-order valence-electron chi connectivity index (χ0n) is 9.37. The molecule has 0 aromatic carbocycles. The molecule has 0 aliphatic rings. The van der Waals surface area contributed by atoms with E-state index in [4.69, 9.17) is 0 Å². The van der Waals surface area contributed by atoms with E-state index in [1.807, 2.05) is 22.0 Å². The number of aromatic nitrogens is 5. The third kappa shape index (κ3) is 2.35. The molecule has 0 aliphatic heterocycles. The molecule has 2 heterocycles. The molecule has 2 aromatic heterocycles. The van der Waals surface area contributed by atoms with Crippen LogP contribution in [0.15, 0.2) is 11.6 Å². The van der Waals surface area contributed by atoms with Crippen LogP contribution in [-0.4, -0.2) is 32.2 Å². The Labute approximate surface area is 97.9 Å². The number of thiazole rings is 1. The lowest BCUT2D eigenvalue weighted by Gasteiger charge is -2.14. The molecular weight excluding hydrogens is 224 g/mol. The van der Waals surface area contributed by atoms with E-state index in [2.05, 4.69) is 27.4 Å². The van der Waals surface area contributed by atoms with Gasteiger partial charge in [-0.1, -0.05) is 6.92 Å². The first-order valence-corrected chi connectivity index (χ1v) is 6.05. The van der Waals surface area contributed by atoms with Crippen molar-refractivity contribution in [3.8, 4) is 0 Å². The third-order valence-corrected chi connectivity index (χ3v) is 3.05. The molecule has 0 unspecified atom stereocenters. The van der Waals surface area contributed by atoms with Gasteiger partial charge >= 0.3 is 0 Å². The Morgan fingerprint density at radius 2 is 2.38 bits per heavy atom. The fraction of sp³-hybridized carbons (Fsp3) is 0.556. The fourth-order valence-electron chi connectivity index (χ4n) is 1.41. The van der Waals surface area contributed by atoms with Crippen LogP contribution in [0.1, 0.15) is 19.2 Å². The molecule has 0 atom stereocenters. The molecule has 0 radical (unpaired) electrons. The Morgan fingerprint density at radius 1 is 1.50 bits per heavy atom. The highest BCUT2D eigenvalue weighted by molar-refractivity contribution is 7.13. The van der Waals surface area contributed by atoms with E-state index in [0.29, 0.717) is 6.54 Å². The first-order valence-electron chi connectivity index (χ1n) is 5.17. The van der Waals surface area contributed by atoms with Crippen LogP contribution < -0.4 is 4.90 Å². The van der Waals surface area contributed by atoms with Crippen molar-refractivity contribution in [3.63, 3.8) is 0 Å². The monoisotopic (exact) mass is 238 g/mol. The second kappa shape index (κ2) is 5.02. The molecule has 0 spiro atoms. The summed E-state index contributed by atoms with van der Waals surface area (Å²) in [5.41, 5.74) is 0. The van der Waals surface area contributed by atoms with Gasteiger partial charge in [0.05, 0.1) is 6.54 Å². The maximum atomic E-state index is 4.24. The number of anilines is 1. The van der Waals surface area contributed by atoms with E-state index in [1.54, 1.807) is 17.5 Å². The maximum absolute atomic E-state index is 4.24. The van der Waals surface area contributed by atoms with Crippen LogP contribution in [0.3, 0.4) is 0 Å². The zero-order chi connectivity index (χ0) is 11.4. The predicted octanol–water partition coefficient (Wildman–Crippen LogP) is 1.18. The Bertz CT molecular complexity index is 423. The molecule has 0 amide bonds. The minimum Gasteiger partial charge on any atom is -0.344 e. The van der Waals surface area contributed by atoms with Crippen molar-refractivity contribution in [2.75, 3.05) is 11.9 Å². The molecule has 0 N–H and O–H groups in total. The second-order valence-corrected chi connectivity index (χ2v) is 4.36. The Kier molecular flexibility index (Phi) is 3.45. The number of rotatable bonds is 5. The molecule has 0 saturated heterocycles. The highest BCUT2D eigenvalue weighted by Gasteiger charge is 2.10. The topological polar surface area (TPSA) is 59.7 Å². The second-order valence-electron chi connectivity index (χ2n) is 3.49. The van der Waals surface area contributed by atoms with Gasteiger partial charge in [0.1, 0.15) is 0 Å². The number of hydrogen-bond acceptors (Lipinski definition) is 6. The summed E-state index contributed by atoms with van der Waals surface area (Å²) in [5.74, 6) is 0.875. The summed E-state index contributed by atoms with van der Waals surface area (Å²) in [5, 5.41) is 14.6. The smallest absolute Gasteiger partial charge is 0.185 e. The van der Waals surface area contributed by atoms with Crippen LogP contribution in [0.5, 0.6) is 0 Å². The van der Waals surface area contributed by atoms with Gasteiger partial charge in [0.25, 0.3) is 0 Å². The lowest BCUT2D eigenvalue weighted by atomic mass is 10.4. The van der Waals surface area contributed by atoms with Crippen LogP contribution in [0.4, 0.5) is 5.13 Å². The molecule has 2 rings (SSSR count). The Balaban J connectivity index is 2.06. The molecule has 0 saturated carbocycles. The van der Waals surface area contributed by atoms with Gasteiger partial charge in [0.2, 0.25) is 0 Å². The van der Waals surface area contributed by atoms with Crippen LogP contribution in [-0.2, 0) is 13.1 Å². The lowest BCUT2D eigenvalue weighted by molar-refractivity contribution is 0.552. The minimum absolute atomic E-state index is 0.681. The average Bonchev–Trinajstić information content (AvgIpc) is 2.90. The average molecular weight is 238 g/mol. The summed E-state index contributed by atoms with van der Waals surface area (Å²) in [6, 6.07) is 0. The molecule has 7 heteroatoms. The van der Waals surface area contributed by atoms with E-state index in [0.717, 1.165) is 23.9 Å². The van der Waals surface area contributed by atoms with E-state index >= 15 is 0 Å². The lowest BCUT2D eigenvalue weighted by Crippen LogP contribution is -2.20. The highest BCUT2D eigenvalue weighted by Crippen LogP contribution is 2.16. The first kappa shape index (κ1) is 11.0. The van der Waals surface area contributed by atoms with Gasteiger partial charge in [0.15, 0.2) is 11.0 Å². The van der Waals surface area contributed by atoms with Crippen LogP contribution in [0.2, 0.25) is 0 Å². The largest absolute Gasteiger partial charge is 0.344 e. The van der Waals surface area contributed by atoms with Crippen molar-refractivity contribution < 1.29 is 0 Å². The molecule has 6 nitrogen and oxygen atoms in total. The van der Waals surface area contributed by atoms with Crippen molar-refractivity contribution in [2.45, 2.75) is 26.4 Å². The van der Waals surface area contributed by atoms with Crippen molar-refractivity contribution in [2.24, 2.45) is 0 Å². The molecule has 2 aromatic rings. The van der Waals surface area contributed by atoms with E-state index in [1.165, 1.54) is 0 Å². The Morgan fingerprint density at radius 3 is 3.06 bits per heavy atom. The summed E-state index contributed by atoms with van der Waals surface area (Å²) in [6.07, 6.45) is 2.82. The van der Waals surface area contributed by atoms with Gasteiger partial charge in [0, 0.05) is 25.2 Å². The van der Waals surface area contributed by atoms with Gasteiger partial charge < -0.3 is 4.90 Å². The molecule has 16 heavy (non-hydrogen) atoms. The molecule has 0 aliphatic carbocycles. The van der Waals surface area contributed by atoms with Crippen LogP contribution >= 0.6 is 11.3 Å². The summed E-state index contributed by atoms with van der Waals surface area (Å²) < 4.78 is 1.84. The van der Waals surface area contributed by atoms with E-state index < -0.39 is 0 Å². The van der Waals surface area contributed by atoms with Crippen molar-refractivity contribution in [1.82, 2.24) is 25.2 Å². The van der Waals surface area contributed by atoms with Crippen molar-refractivity contribution in [3.05, 3.63) is 17.4 Å². The van der Waals surface area contributed by atoms with Crippen LogP contribution in [0, 0.1) is 0 Å². The minimum atomic E-state index is 0.681. The van der Waals surface area contributed by atoms with E-state index in [-0.39, 0.29) is 0 Å². The Hall–Kier alpha value is -1.50. The van der Waals surface area contributed by atoms with E-state index in [9.17, 15) is 0 Å². The summed E-state index contributed by atoms with van der Waals surface area (Å²) in [7, 11) is 1.99. The number of nitrogens with zero attached hydrogens (tertiary/aromatic N) is 6. The fourth-order valence-corrected chi connectivity index (χ4v) is 2.02. The van der Waals surface area contributed by atoms with Gasteiger partial charge in [-0.25, -0.2) is 9.67 Å². The number of tetrazole rings is 1. The maximum Gasteiger partial charge on any atom is 0.185 e. The van der Waals surface area contributed by atoms with Crippen molar-refractivity contribution in [1.29, 1.82) is 0 Å². The molecule has 0 bridgehead atoms. The normalized spacial score (nSPS) is 10.6. The third-order valence-electron chi connectivity index (χ3n) is 2.17. The number of aryl methyl sites for hydroxylation is 1. The van der Waals surface area contributed by atoms with Gasteiger partial charge in [-0.2, -0.15) is 0 Å². The van der Waals surface area contributed by atoms with Gasteiger partial charge in [-0.05, 0) is 16.8 Å². The molecule has 86 valence electrons. The zero-order valence-corrected chi connectivity index (χ0v) is 10.2. The molecule has 0 fully saturated rings. The summed E-state index contributed by atoms with van der Waals surface area (Å²) >= 11 is 1.61. The quantitative estimate of drug-likeness (QED) is 0.782. The van der Waals surface area contributed by atoms with Crippen molar-refractivity contribution >= 4 is 16.5 Å². The molecular formula is C9H14N6S. The summed E-state index contributed by atoms with van der Waals surface area (Å²) in [6.45, 7) is 3.64. The van der Waals surface area contributed by atoms with Gasteiger partial charge in [-0.15, -0.1) is 16.4 Å². The SMILES string of the molecule is CCCn1nnnc1CN(C)c1nccs1. The van der Waals surface area contributed by atoms with Crippen LogP contribution in [0.25, 0.3) is 0 Å². The van der Waals surface area contributed by atoms with Gasteiger partial charge in [-0.3, -0.25) is 0 Å². The first-order chi connectivity index (χ1) is 7.81. The highest BCUT2D eigenvalue weighted by atomic mass is 32.1. The standard InChI is InChI=1S/C9H14N6S/c1-3-5-15-8(11-12-13-15)7-14(2)9-10-4-6-16-9/h4,6H,3,5,7H2,1-2H3. The number of hydrogen-bond donors (Lipinski definition) is 0. The summed E-state index contributed by atoms with van der Waals surface area (Å²) in [4.78, 5) is 6.28.